The van der Waals surface area contributed by atoms with Crippen molar-refractivity contribution in [3.8, 4) is 22.9 Å². The van der Waals surface area contributed by atoms with Gasteiger partial charge >= 0.3 is 6.09 Å². The molecule has 0 spiro atoms. The summed E-state index contributed by atoms with van der Waals surface area (Å²) in [6.45, 7) is 4.32. The number of Topliss-reactive ketones (excluding diaryl/α,β-unsaturated/α-hetero) is 1. The molecule has 1 atom stereocenters. The summed E-state index contributed by atoms with van der Waals surface area (Å²) in [7, 11) is -3.83. The first-order valence-corrected chi connectivity index (χ1v) is 16.7. The van der Waals surface area contributed by atoms with E-state index in [1.54, 1.807) is 12.4 Å². The van der Waals surface area contributed by atoms with Gasteiger partial charge in [0.25, 0.3) is 0 Å². The Hall–Kier alpha value is -4.48. The first kappa shape index (κ1) is 33.4. The Morgan fingerprint density at radius 2 is 1.73 bits per heavy atom. The summed E-state index contributed by atoms with van der Waals surface area (Å²) in [6.07, 6.45) is 4.31. The number of benzene rings is 3. The first-order valence-electron chi connectivity index (χ1n) is 15.0. The molecule has 4 rings (SSSR count). The molecule has 2 N–H and O–H groups in total. The van der Waals surface area contributed by atoms with Crippen LogP contribution in [0.1, 0.15) is 44.2 Å². The molecule has 0 aliphatic heterocycles. The average molecular weight is 633 g/mol. The third kappa shape index (κ3) is 11.2. The van der Waals surface area contributed by atoms with Gasteiger partial charge in [0.05, 0.1) is 0 Å². The minimum absolute atomic E-state index is 0.0166. The monoisotopic (exact) mass is 632 g/mol. The minimum atomic E-state index is -3.83. The van der Waals surface area contributed by atoms with Gasteiger partial charge in [0.15, 0.2) is 0 Å². The highest BCUT2D eigenvalue weighted by Gasteiger charge is 2.24. The zero-order chi connectivity index (χ0) is 32.1. The number of nitrogens with zero attached hydrogens (tertiary/aromatic N) is 2. The Balaban J connectivity index is 1.22. The molecule has 0 fully saturated rings. The van der Waals surface area contributed by atoms with Gasteiger partial charge in [-0.1, -0.05) is 62.7 Å². The van der Waals surface area contributed by atoms with E-state index in [2.05, 4.69) is 14.7 Å². The van der Waals surface area contributed by atoms with Gasteiger partial charge in [0.2, 0.25) is 10.0 Å². The van der Waals surface area contributed by atoms with Crippen molar-refractivity contribution >= 4 is 21.9 Å². The maximum Gasteiger partial charge on any atom is 0.411 e. The topological polar surface area (TPSA) is 131 Å². The van der Waals surface area contributed by atoms with Gasteiger partial charge in [-0.2, -0.15) is 0 Å². The van der Waals surface area contributed by atoms with Crippen molar-refractivity contribution in [2.24, 2.45) is 5.92 Å². The number of imidazole rings is 1. The zero-order valence-electron chi connectivity index (χ0n) is 25.6. The van der Waals surface area contributed by atoms with Crippen molar-refractivity contribution in [1.29, 1.82) is 0 Å². The Labute approximate surface area is 264 Å². The molecule has 4 aromatic rings. The van der Waals surface area contributed by atoms with Crippen molar-refractivity contribution in [1.82, 2.24) is 19.6 Å². The summed E-state index contributed by atoms with van der Waals surface area (Å²) in [5, 5.41) is 0. The number of amides is 1. The predicted octanol–water partition coefficient (Wildman–Crippen LogP) is 6.32. The highest BCUT2D eigenvalue weighted by Crippen LogP contribution is 2.25. The number of ether oxygens (including phenoxy) is 2. The number of aromatic nitrogens is 2. The van der Waals surface area contributed by atoms with Crippen LogP contribution >= 0.6 is 0 Å². The van der Waals surface area contributed by atoms with Gasteiger partial charge < -0.3 is 14.5 Å². The SMILES string of the molecule is CCC(C)CN(CS(=O)(=O)NCCCC(=O)Cc1cccc(Oc2ccc(-c3ncc[nH]3)cc2)c1)C(=O)OCc1ccccc1. The van der Waals surface area contributed by atoms with Crippen molar-refractivity contribution in [2.45, 2.75) is 46.1 Å². The van der Waals surface area contributed by atoms with Crippen LogP contribution in [0.2, 0.25) is 0 Å². The van der Waals surface area contributed by atoms with Crippen molar-refractivity contribution in [2.75, 3.05) is 19.0 Å². The molecule has 45 heavy (non-hydrogen) atoms. The second kappa shape index (κ2) is 16.6. The quantitative estimate of drug-likeness (QED) is 0.130. The molecular weight excluding hydrogens is 592 g/mol. The summed E-state index contributed by atoms with van der Waals surface area (Å²) in [6, 6.07) is 24.1. The van der Waals surface area contributed by atoms with Crippen LogP contribution in [0.25, 0.3) is 11.4 Å². The molecule has 11 heteroatoms. The number of aromatic amines is 1. The molecule has 0 saturated heterocycles. The maximum absolute atomic E-state index is 12.8. The molecule has 3 aromatic carbocycles. The molecule has 1 amide bonds. The van der Waals surface area contributed by atoms with Crippen LogP contribution in [0.5, 0.6) is 11.5 Å². The van der Waals surface area contributed by atoms with Gasteiger partial charge in [-0.3, -0.25) is 9.69 Å². The fourth-order valence-electron chi connectivity index (χ4n) is 4.53. The smallest absolute Gasteiger partial charge is 0.411 e. The van der Waals surface area contributed by atoms with Crippen LogP contribution in [0, 0.1) is 5.92 Å². The van der Waals surface area contributed by atoms with Crippen LogP contribution in [-0.4, -0.2) is 54.1 Å². The molecule has 0 bridgehead atoms. The number of nitrogens with one attached hydrogen (secondary N) is 2. The third-order valence-corrected chi connectivity index (χ3v) is 8.43. The minimum Gasteiger partial charge on any atom is -0.457 e. The van der Waals surface area contributed by atoms with E-state index in [0.717, 1.165) is 28.9 Å². The number of hydrogen-bond acceptors (Lipinski definition) is 7. The second-order valence-electron chi connectivity index (χ2n) is 10.9. The standard InChI is InChI=1S/C34H40N4O6S/c1-3-26(2)23-38(34(40)43-24-27-9-5-4-6-10-27)25-45(41,42)37-18-8-12-30(39)21-28-11-7-13-32(22-28)44-31-16-14-29(15-17-31)33-35-19-20-36-33/h4-7,9-11,13-17,19-20,22,26,37H,3,8,12,18,21,23-25H2,1-2H3,(H,35,36). The summed E-state index contributed by atoms with van der Waals surface area (Å²) < 4.78 is 39.5. The highest BCUT2D eigenvalue weighted by molar-refractivity contribution is 7.89. The lowest BCUT2D eigenvalue weighted by atomic mass is 10.1. The molecule has 0 aliphatic rings. The number of hydrogen-bond donors (Lipinski definition) is 2. The lowest BCUT2D eigenvalue weighted by Crippen LogP contribution is -2.42. The first-order chi connectivity index (χ1) is 21.7. The highest BCUT2D eigenvalue weighted by atomic mass is 32.2. The van der Waals surface area contributed by atoms with Gasteiger partial charge in [-0.25, -0.2) is 22.9 Å². The summed E-state index contributed by atoms with van der Waals surface area (Å²) in [5.41, 5.74) is 2.56. The molecule has 0 radical (unpaired) electrons. The number of ketones is 1. The molecule has 0 saturated carbocycles. The van der Waals surface area contributed by atoms with E-state index in [4.69, 9.17) is 9.47 Å². The van der Waals surface area contributed by atoms with E-state index < -0.39 is 22.0 Å². The number of carbonyl (C=O) groups excluding carboxylic acids is 2. The van der Waals surface area contributed by atoms with E-state index in [1.807, 2.05) is 92.7 Å². The van der Waals surface area contributed by atoms with Crippen molar-refractivity contribution < 1.29 is 27.5 Å². The van der Waals surface area contributed by atoms with E-state index >= 15 is 0 Å². The van der Waals surface area contributed by atoms with Crippen molar-refractivity contribution in [3.05, 3.63) is 102 Å². The Kier molecular flexibility index (Phi) is 12.3. The van der Waals surface area contributed by atoms with Crippen molar-refractivity contribution in [3.63, 3.8) is 0 Å². The summed E-state index contributed by atoms with van der Waals surface area (Å²) in [4.78, 5) is 34.0. The Morgan fingerprint density at radius 3 is 2.44 bits per heavy atom. The van der Waals surface area contributed by atoms with E-state index in [-0.39, 0.29) is 44.2 Å². The average Bonchev–Trinajstić information content (AvgIpc) is 3.58. The molecule has 238 valence electrons. The fourth-order valence-corrected chi connectivity index (χ4v) is 5.70. The lowest BCUT2D eigenvalue weighted by Gasteiger charge is -2.24. The second-order valence-corrected chi connectivity index (χ2v) is 12.7. The van der Waals surface area contributed by atoms with Gasteiger partial charge in [0, 0.05) is 43.9 Å². The van der Waals surface area contributed by atoms with Gasteiger partial charge in [0.1, 0.15) is 35.6 Å². The molecule has 0 aliphatic carbocycles. The summed E-state index contributed by atoms with van der Waals surface area (Å²) >= 11 is 0. The molecule has 1 aromatic heterocycles. The summed E-state index contributed by atoms with van der Waals surface area (Å²) in [5.74, 6) is 1.61. The number of rotatable bonds is 17. The van der Waals surface area contributed by atoms with Crippen LogP contribution in [-0.2, 0) is 32.6 Å². The Morgan fingerprint density at radius 1 is 0.978 bits per heavy atom. The van der Waals surface area contributed by atoms with Gasteiger partial charge in [-0.05, 0) is 59.9 Å². The Bertz CT molecular complexity index is 1610. The lowest BCUT2D eigenvalue weighted by molar-refractivity contribution is -0.118. The number of carbonyl (C=O) groups is 2. The van der Waals surface area contributed by atoms with E-state index in [0.29, 0.717) is 17.9 Å². The molecule has 10 nitrogen and oxygen atoms in total. The van der Waals surface area contributed by atoms with Crippen LogP contribution < -0.4 is 9.46 Å². The van der Waals surface area contributed by atoms with E-state index in [1.165, 1.54) is 4.90 Å². The van der Waals surface area contributed by atoms with Crippen LogP contribution in [0.15, 0.2) is 91.3 Å². The molecular formula is C34H40N4O6S. The fraction of sp³-hybridized carbons (Fsp3) is 0.324. The number of sulfonamides is 1. The predicted molar refractivity (Wildman–Crippen MR) is 173 cm³/mol. The zero-order valence-corrected chi connectivity index (χ0v) is 26.5. The largest absolute Gasteiger partial charge is 0.457 e. The van der Waals surface area contributed by atoms with Crippen LogP contribution in [0.4, 0.5) is 4.79 Å². The third-order valence-electron chi connectivity index (χ3n) is 7.13. The maximum atomic E-state index is 12.8. The number of H-pyrrole nitrogens is 1. The molecule has 1 unspecified atom stereocenters. The normalized spacial score (nSPS) is 12.0. The molecule has 1 heterocycles. The van der Waals surface area contributed by atoms with Crippen LogP contribution in [0.3, 0.4) is 0 Å². The van der Waals surface area contributed by atoms with Gasteiger partial charge in [-0.15, -0.1) is 0 Å². The van der Waals surface area contributed by atoms with E-state index in [9.17, 15) is 18.0 Å².